The van der Waals surface area contributed by atoms with Gasteiger partial charge in [0.25, 0.3) is 0 Å². The summed E-state index contributed by atoms with van der Waals surface area (Å²) in [5.74, 6) is -2.47. The van der Waals surface area contributed by atoms with Crippen LogP contribution in [0.4, 0.5) is 5.69 Å². The van der Waals surface area contributed by atoms with Crippen LogP contribution in [0, 0.1) is 17.8 Å². The topological polar surface area (TPSA) is 108 Å². The lowest BCUT2D eigenvalue weighted by molar-refractivity contribution is -0.148. The fourth-order valence-corrected chi connectivity index (χ4v) is 6.57. The van der Waals surface area contributed by atoms with Gasteiger partial charge in [-0.2, -0.15) is 0 Å². The lowest BCUT2D eigenvalue weighted by Gasteiger charge is -2.36. The molecule has 5 rings (SSSR count). The first-order chi connectivity index (χ1) is 16.2. The molecule has 0 saturated carbocycles. The molecule has 1 spiro atoms. The summed E-state index contributed by atoms with van der Waals surface area (Å²) in [6.45, 7) is 5.28. The number of carbonyl (C=O) groups excluding carboxylic acids is 3. The quantitative estimate of drug-likeness (QED) is 0.625. The number of hydrogen-bond acceptors (Lipinski definition) is 5. The molecule has 0 aliphatic carbocycles. The summed E-state index contributed by atoms with van der Waals surface area (Å²) in [5.41, 5.74) is -1.37. The number of rotatable bonds is 5. The molecule has 180 valence electrons. The number of likely N-dealkylation sites (tertiary alicyclic amines) is 1. The van der Waals surface area contributed by atoms with Gasteiger partial charge in [-0.3, -0.25) is 14.4 Å². The molecule has 7 atom stereocenters. The van der Waals surface area contributed by atoms with E-state index in [2.05, 4.69) is 10.6 Å². The van der Waals surface area contributed by atoms with Crippen molar-refractivity contribution in [2.45, 2.75) is 50.5 Å². The van der Waals surface area contributed by atoms with Crippen LogP contribution in [0.25, 0.3) is 10.8 Å². The number of nitrogens with zero attached hydrogens (tertiary/aromatic N) is 1. The highest BCUT2D eigenvalue weighted by atomic mass is 16.5. The van der Waals surface area contributed by atoms with Crippen molar-refractivity contribution in [3.8, 4) is 0 Å². The van der Waals surface area contributed by atoms with Crippen molar-refractivity contribution in [1.82, 2.24) is 10.2 Å². The van der Waals surface area contributed by atoms with E-state index in [0.717, 1.165) is 10.8 Å². The summed E-state index contributed by atoms with van der Waals surface area (Å²) in [6, 6.07) is 11.9. The second kappa shape index (κ2) is 7.78. The maximum Gasteiger partial charge on any atom is 0.250 e. The minimum absolute atomic E-state index is 0.0285. The first-order valence-corrected chi connectivity index (χ1v) is 11.8. The molecule has 8 heteroatoms. The number of aliphatic hydroxyl groups is 1. The fourth-order valence-electron chi connectivity index (χ4n) is 6.57. The van der Waals surface area contributed by atoms with E-state index in [4.69, 9.17) is 4.74 Å². The smallest absolute Gasteiger partial charge is 0.250 e. The van der Waals surface area contributed by atoms with Crippen LogP contribution in [-0.2, 0) is 19.1 Å². The van der Waals surface area contributed by atoms with Gasteiger partial charge in [0.15, 0.2) is 0 Å². The van der Waals surface area contributed by atoms with Gasteiger partial charge in [0.2, 0.25) is 17.7 Å². The molecule has 3 saturated heterocycles. The van der Waals surface area contributed by atoms with Gasteiger partial charge in [-0.15, -0.1) is 0 Å². The maximum absolute atomic E-state index is 13.8. The Hall–Kier alpha value is -2.97. The Balaban J connectivity index is 1.57. The van der Waals surface area contributed by atoms with Crippen molar-refractivity contribution in [2.24, 2.45) is 17.8 Å². The second-order valence-electron chi connectivity index (χ2n) is 10.1. The molecule has 3 N–H and O–H groups in total. The van der Waals surface area contributed by atoms with Gasteiger partial charge >= 0.3 is 0 Å². The summed E-state index contributed by atoms with van der Waals surface area (Å²) < 4.78 is 6.59. The van der Waals surface area contributed by atoms with E-state index in [1.807, 2.05) is 56.3 Å². The molecule has 3 unspecified atom stereocenters. The van der Waals surface area contributed by atoms with Crippen LogP contribution in [-0.4, -0.2) is 64.7 Å². The second-order valence-corrected chi connectivity index (χ2v) is 10.1. The number of amides is 3. The summed E-state index contributed by atoms with van der Waals surface area (Å²) in [5, 5.41) is 17.6. The van der Waals surface area contributed by atoms with Crippen LogP contribution < -0.4 is 10.6 Å². The summed E-state index contributed by atoms with van der Waals surface area (Å²) in [6.07, 6.45) is 0.484. The number of aliphatic hydroxyl groups excluding tert-OH is 1. The molecule has 0 aromatic heterocycles. The minimum atomic E-state index is -1.13. The molecule has 3 fully saturated rings. The number of fused-ring (bicyclic) bond motifs is 2. The molecule has 0 radical (unpaired) electrons. The number of ether oxygens (including phenoxy) is 1. The van der Waals surface area contributed by atoms with E-state index in [0.29, 0.717) is 12.1 Å². The van der Waals surface area contributed by atoms with Gasteiger partial charge in [-0.25, -0.2) is 0 Å². The van der Waals surface area contributed by atoms with Crippen LogP contribution in [0.15, 0.2) is 42.5 Å². The molecule has 3 aliphatic heterocycles. The predicted molar refractivity (Wildman–Crippen MR) is 127 cm³/mol. The first kappa shape index (κ1) is 22.8. The summed E-state index contributed by atoms with van der Waals surface area (Å²) in [7, 11) is 1.55. The predicted octanol–water partition coefficient (Wildman–Crippen LogP) is 1.92. The zero-order valence-electron chi connectivity index (χ0n) is 19.9. The van der Waals surface area contributed by atoms with Crippen LogP contribution >= 0.6 is 0 Å². The van der Waals surface area contributed by atoms with E-state index in [1.54, 1.807) is 14.0 Å². The Morgan fingerprint density at radius 3 is 2.59 bits per heavy atom. The van der Waals surface area contributed by atoms with Gasteiger partial charge < -0.3 is 25.4 Å². The fraction of sp³-hybridized carbons (Fsp3) is 0.500. The number of carbonyl (C=O) groups is 3. The molecule has 3 aliphatic rings. The third-order valence-corrected chi connectivity index (χ3v) is 8.29. The molecule has 2 aromatic carbocycles. The average molecular weight is 466 g/mol. The van der Waals surface area contributed by atoms with Crippen LogP contribution in [0.3, 0.4) is 0 Å². The van der Waals surface area contributed by atoms with E-state index in [-0.39, 0.29) is 30.2 Å². The molecule has 34 heavy (non-hydrogen) atoms. The van der Waals surface area contributed by atoms with Crippen molar-refractivity contribution >= 4 is 34.2 Å². The van der Waals surface area contributed by atoms with E-state index < -0.39 is 35.1 Å². The van der Waals surface area contributed by atoms with Crippen molar-refractivity contribution < 1.29 is 24.2 Å². The van der Waals surface area contributed by atoms with Gasteiger partial charge in [-0.1, -0.05) is 37.3 Å². The van der Waals surface area contributed by atoms with Gasteiger partial charge in [0.05, 0.1) is 30.1 Å². The summed E-state index contributed by atoms with van der Waals surface area (Å²) >= 11 is 0. The number of anilines is 1. The molecule has 3 heterocycles. The largest absolute Gasteiger partial charge is 0.394 e. The monoisotopic (exact) mass is 465 g/mol. The summed E-state index contributed by atoms with van der Waals surface area (Å²) in [4.78, 5) is 42.0. The maximum atomic E-state index is 13.8. The Morgan fingerprint density at radius 1 is 1.21 bits per heavy atom. The van der Waals surface area contributed by atoms with Crippen molar-refractivity contribution in [3.63, 3.8) is 0 Å². The third-order valence-electron chi connectivity index (χ3n) is 8.29. The van der Waals surface area contributed by atoms with Crippen LogP contribution in [0.2, 0.25) is 0 Å². The lowest BCUT2D eigenvalue weighted by atomic mass is 9.62. The van der Waals surface area contributed by atoms with Crippen molar-refractivity contribution in [1.29, 1.82) is 0 Å². The molecular weight excluding hydrogens is 434 g/mol. The average Bonchev–Trinajstić information content (AvgIpc) is 3.34. The number of benzene rings is 2. The molecule has 2 bridgehead atoms. The van der Waals surface area contributed by atoms with E-state index in [1.165, 1.54) is 4.90 Å². The Bertz CT molecular complexity index is 1180. The Kier molecular flexibility index (Phi) is 5.22. The highest BCUT2D eigenvalue weighted by molar-refractivity contribution is 6.04. The Labute approximate surface area is 198 Å². The van der Waals surface area contributed by atoms with Gasteiger partial charge in [-0.05, 0) is 49.1 Å². The number of nitrogens with one attached hydrogen (secondary N) is 2. The van der Waals surface area contributed by atoms with Crippen molar-refractivity contribution in [2.75, 3.05) is 19.0 Å². The Morgan fingerprint density at radius 2 is 1.91 bits per heavy atom. The highest BCUT2D eigenvalue weighted by Gasteiger charge is 2.80. The lowest BCUT2D eigenvalue weighted by Crippen LogP contribution is -2.56. The third kappa shape index (κ3) is 2.94. The zero-order valence-corrected chi connectivity index (χ0v) is 19.9. The van der Waals surface area contributed by atoms with Crippen molar-refractivity contribution in [3.05, 3.63) is 42.5 Å². The minimum Gasteiger partial charge on any atom is -0.394 e. The molecule has 2 aromatic rings. The van der Waals surface area contributed by atoms with Crippen LogP contribution in [0.5, 0.6) is 0 Å². The normalized spacial score (nSPS) is 34.9. The SMILES string of the molecule is CNC(=O)[C@@H]1[C@H]2C(=O)N([C@H](C)CO)C(C(=O)Nc3ccc4ccccc4c3)C23CC(C)[C@@]1(C)O3. The molecule has 8 nitrogen and oxygen atoms in total. The zero-order chi connectivity index (χ0) is 24.4. The number of hydrogen-bond donors (Lipinski definition) is 3. The van der Waals surface area contributed by atoms with E-state index in [9.17, 15) is 19.5 Å². The first-order valence-electron chi connectivity index (χ1n) is 11.8. The van der Waals surface area contributed by atoms with Crippen LogP contribution in [0.1, 0.15) is 27.2 Å². The molecule has 3 amide bonds. The van der Waals surface area contributed by atoms with Gasteiger partial charge in [0.1, 0.15) is 11.6 Å². The van der Waals surface area contributed by atoms with Gasteiger partial charge in [0, 0.05) is 12.7 Å². The van der Waals surface area contributed by atoms with E-state index >= 15 is 0 Å². The molecular formula is C26H31N3O5. The highest BCUT2D eigenvalue weighted by Crippen LogP contribution is 2.65. The standard InChI is InChI=1S/C26H31N3O5/c1-14-12-26-20(19(22(31)27-4)25(14,3)34-26)24(33)29(15(2)13-30)21(26)23(32)28-18-10-9-16-7-5-6-8-17(16)11-18/h5-11,14-15,19-21,30H,12-13H2,1-4H3,(H,27,31)(H,28,32)/t14?,15-,19+,20+,21?,25-,26?/m1/s1.